The van der Waals surface area contributed by atoms with Gasteiger partial charge in [0, 0.05) is 24.7 Å². The summed E-state index contributed by atoms with van der Waals surface area (Å²) in [7, 11) is 3.17. The zero-order valence-corrected chi connectivity index (χ0v) is 28.2. The molecule has 2 amide bonds. The van der Waals surface area contributed by atoms with Crippen LogP contribution in [0.25, 0.3) is 11.1 Å². The van der Waals surface area contributed by atoms with E-state index in [4.69, 9.17) is 9.47 Å². The SMILES string of the molecule is COc1cc(-c2ccc(NC(=O)CC(c3ccccc3)c3ccccc3)c(OC)c2)ccc1NC(=O)CC(c1ccccc1)c1ccccc1. The van der Waals surface area contributed by atoms with Crippen molar-refractivity contribution in [2.24, 2.45) is 0 Å². The summed E-state index contributed by atoms with van der Waals surface area (Å²) in [5.74, 6) is 0.676. The first-order valence-electron chi connectivity index (χ1n) is 16.7. The maximum Gasteiger partial charge on any atom is 0.225 e. The molecule has 250 valence electrons. The first-order chi connectivity index (χ1) is 24.5. The van der Waals surface area contributed by atoms with Crippen LogP contribution < -0.4 is 20.1 Å². The number of benzene rings is 6. The molecule has 6 aromatic rings. The maximum atomic E-state index is 13.4. The molecule has 0 bridgehead atoms. The Morgan fingerprint density at radius 3 is 1.04 bits per heavy atom. The second-order valence-corrected chi connectivity index (χ2v) is 12.1. The van der Waals surface area contributed by atoms with E-state index in [2.05, 4.69) is 59.2 Å². The highest BCUT2D eigenvalue weighted by Crippen LogP contribution is 2.36. The molecule has 2 N–H and O–H groups in total. The number of anilines is 2. The van der Waals surface area contributed by atoms with Crippen molar-refractivity contribution in [3.8, 4) is 22.6 Å². The minimum absolute atomic E-state index is 0.0864. The summed E-state index contributed by atoms with van der Waals surface area (Å²) in [6.45, 7) is 0. The van der Waals surface area contributed by atoms with E-state index in [1.165, 1.54) is 0 Å². The van der Waals surface area contributed by atoms with Crippen LogP contribution in [0.1, 0.15) is 46.9 Å². The van der Waals surface area contributed by atoms with Crippen LogP contribution in [-0.2, 0) is 9.59 Å². The highest BCUT2D eigenvalue weighted by molar-refractivity contribution is 5.95. The first kappa shape index (κ1) is 33.7. The highest BCUT2D eigenvalue weighted by atomic mass is 16.5. The smallest absolute Gasteiger partial charge is 0.225 e. The molecule has 0 atom stereocenters. The molecule has 6 heteroatoms. The number of hydrogen-bond donors (Lipinski definition) is 2. The van der Waals surface area contributed by atoms with Gasteiger partial charge in [-0.2, -0.15) is 0 Å². The quantitative estimate of drug-likeness (QED) is 0.129. The molecule has 0 saturated carbocycles. The monoisotopic (exact) mass is 660 g/mol. The molecular weight excluding hydrogens is 620 g/mol. The fourth-order valence-corrected chi connectivity index (χ4v) is 6.32. The predicted octanol–water partition coefficient (Wildman–Crippen LogP) is 9.69. The van der Waals surface area contributed by atoms with Crippen LogP contribution in [0.4, 0.5) is 11.4 Å². The van der Waals surface area contributed by atoms with Crippen molar-refractivity contribution in [3.63, 3.8) is 0 Å². The minimum Gasteiger partial charge on any atom is -0.495 e. The van der Waals surface area contributed by atoms with Crippen LogP contribution in [0.5, 0.6) is 11.5 Å². The zero-order valence-electron chi connectivity index (χ0n) is 28.2. The number of amides is 2. The Labute approximate surface area is 293 Å². The summed E-state index contributed by atoms with van der Waals surface area (Å²) in [6.07, 6.45) is 0.557. The number of carbonyl (C=O) groups is 2. The molecule has 0 radical (unpaired) electrons. The van der Waals surface area contributed by atoms with Gasteiger partial charge in [-0.05, 0) is 57.6 Å². The van der Waals surface area contributed by atoms with Gasteiger partial charge < -0.3 is 20.1 Å². The van der Waals surface area contributed by atoms with Crippen molar-refractivity contribution < 1.29 is 19.1 Å². The second kappa shape index (κ2) is 16.3. The van der Waals surface area contributed by atoms with E-state index in [-0.39, 0.29) is 36.5 Å². The van der Waals surface area contributed by atoms with Crippen molar-refractivity contribution in [3.05, 3.63) is 180 Å². The molecule has 6 nitrogen and oxygen atoms in total. The van der Waals surface area contributed by atoms with E-state index < -0.39 is 0 Å². The summed E-state index contributed by atoms with van der Waals surface area (Å²) >= 11 is 0. The van der Waals surface area contributed by atoms with Gasteiger partial charge in [-0.3, -0.25) is 9.59 Å². The molecule has 0 heterocycles. The number of hydrogen-bond acceptors (Lipinski definition) is 4. The number of carbonyl (C=O) groups excluding carboxylic acids is 2. The Morgan fingerprint density at radius 1 is 0.460 bits per heavy atom. The molecule has 0 aliphatic carbocycles. The van der Waals surface area contributed by atoms with E-state index in [0.717, 1.165) is 33.4 Å². The summed E-state index contributed by atoms with van der Waals surface area (Å²) < 4.78 is 11.4. The third-order valence-corrected chi connectivity index (χ3v) is 8.87. The Balaban J connectivity index is 1.16. The summed E-state index contributed by atoms with van der Waals surface area (Å²) in [5.41, 5.74) is 7.24. The Kier molecular flexibility index (Phi) is 11.0. The molecule has 0 aliphatic heterocycles. The number of ether oxygens (including phenoxy) is 2. The summed E-state index contributed by atoms with van der Waals surface area (Å²) in [6, 6.07) is 51.6. The van der Waals surface area contributed by atoms with Gasteiger partial charge in [0.2, 0.25) is 11.8 Å². The summed E-state index contributed by atoms with van der Waals surface area (Å²) in [4.78, 5) is 26.8. The van der Waals surface area contributed by atoms with Crippen molar-refractivity contribution in [1.29, 1.82) is 0 Å². The molecule has 0 fully saturated rings. The molecule has 0 aromatic heterocycles. The van der Waals surface area contributed by atoms with Crippen LogP contribution >= 0.6 is 0 Å². The molecule has 0 saturated heterocycles. The van der Waals surface area contributed by atoms with Gasteiger partial charge in [-0.15, -0.1) is 0 Å². The van der Waals surface area contributed by atoms with Gasteiger partial charge in [-0.25, -0.2) is 0 Å². The largest absolute Gasteiger partial charge is 0.495 e. The van der Waals surface area contributed by atoms with E-state index in [1.54, 1.807) is 14.2 Å². The van der Waals surface area contributed by atoms with E-state index in [0.29, 0.717) is 22.9 Å². The van der Waals surface area contributed by atoms with Crippen molar-refractivity contribution in [1.82, 2.24) is 0 Å². The third kappa shape index (κ3) is 8.28. The molecule has 6 aromatic carbocycles. The van der Waals surface area contributed by atoms with E-state index in [1.807, 2.05) is 109 Å². The molecule has 0 aliphatic rings. The van der Waals surface area contributed by atoms with Crippen LogP contribution in [0, 0.1) is 0 Å². The lowest BCUT2D eigenvalue weighted by molar-refractivity contribution is -0.117. The zero-order chi connectivity index (χ0) is 34.7. The van der Waals surface area contributed by atoms with Gasteiger partial charge in [0.15, 0.2) is 0 Å². The second-order valence-electron chi connectivity index (χ2n) is 12.1. The van der Waals surface area contributed by atoms with Crippen LogP contribution in [0.15, 0.2) is 158 Å². The Morgan fingerprint density at radius 2 is 0.760 bits per heavy atom. The van der Waals surface area contributed by atoms with E-state index in [9.17, 15) is 9.59 Å². The number of nitrogens with one attached hydrogen (secondary N) is 2. The minimum atomic E-state index is -0.114. The lowest BCUT2D eigenvalue weighted by Gasteiger charge is -2.19. The lowest BCUT2D eigenvalue weighted by atomic mass is 9.88. The first-order valence-corrected chi connectivity index (χ1v) is 16.7. The molecule has 0 spiro atoms. The fraction of sp³-hybridized carbons (Fsp3) is 0.136. The lowest BCUT2D eigenvalue weighted by Crippen LogP contribution is -2.17. The Bertz CT molecular complexity index is 1790. The van der Waals surface area contributed by atoms with Crippen LogP contribution in [0.3, 0.4) is 0 Å². The molecule has 50 heavy (non-hydrogen) atoms. The van der Waals surface area contributed by atoms with Crippen molar-refractivity contribution in [2.75, 3.05) is 24.9 Å². The highest BCUT2D eigenvalue weighted by Gasteiger charge is 2.21. The van der Waals surface area contributed by atoms with Crippen molar-refractivity contribution in [2.45, 2.75) is 24.7 Å². The van der Waals surface area contributed by atoms with E-state index >= 15 is 0 Å². The molecule has 6 rings (SSSR count). The predicted molar refractivity (Wildman–Crippen MR) is 201 cm³/mol. The van der Waals surface area contributed by atoms with Gasteiger partial charge >= 0.3 is 0 Å². The fourth-order valence-electron chi connectivity index (χ4n) is 6.32. The number of methoxy groups -OCH3 is 2. The topological polar surface area (TPSA) is 76.7 Å². The third-order valence-electron chi connectivity index (χ3n) is 8.87. The maximum absolute atomic E-state index is 13.4. The normalized spacial score (nSPS) is 10.9. The van der Waals surface area contributed by atoms with Gasteiger partial charge in [0.25, 0.3) is 0 Å². The van der Waals surface area contributed by atoms with Gasteiger partial charge in [0.05, 0.1) is 25.6 Å². The van der Waals surface area contributed by atoms with Gasteiger partial charge in [-0.1, -0.05) is 133 Å². The van der Waals surface area contributed by atoms with Crippen molar-refractivity contribution >= 4 is 23.2 Å². The molecular formula is C44H40N2O4. The van der Waals surface area contributed by atoms with Crippen LogP contribution in [-0.4, -0.2) is 26.0 Å². The number of rotatable bonds is 13. The van der Waals surface area contributed by atoms with Crippen LogP contribution in [0.2, 0.25) is 0 Å². The molecule has 0 unspecified atom stereocenters. The van der Waals surface area contributed by atoms with Gasteiger partial charge in [0.1, 0.15) is 11.5 Å². The average Bonchev–Trinajstić information content (AvgIpc) is 3.17. The average molecular weight is 661 g/mol. The standard InChI is InChI=1S/C44H40N2O4/c1-49-41-27-35(23-25-39(41)45-43(47)29-37(31-15-7-3-8-16-31)32-17-9-4-10-18-32)36-24-26-40(42(28-36)50-2)46-44(48)30-38(33-19-11-5-12-20-33)34-21-13-6-14-22-34/h3-28,37-38H,29-30H2,1-2H3,(H,45,47)(H,46,48). The Hall–Kier alpha value is -6.14. The summed E-state index contributed by atoms with van der Waals surface area (Å²) in [5, 5.41) is 6.13.